The second-order valence-corrected chi connectivity index (χ2v) is 4.90. The number of ketones is 1. The number of likely N-dealkylation sites (tertiary alicyclic amines) is 1. The minimum Gasteiger partial charge on any atom is -0.293 e. The van der Waals surface area contributed by atoms with Crippen LogP contribution in [-0.2, 0) is 9.59 Å². The summed E-state index contributed by atoms with van der Waals surface area (Å²) in [4.78, 5) is 37.6. The van der Waals surface area contributed by atoms with Crippen molar-refractivity contribution in [3.63, 3.8) is 0 Å². The van der Waals surface area contributed by atoms with E-state index in [1.165, 1.54) is 4.90 Å². The third-order valence-corrected chi connectivity index (χ3v) is 3.59. The van der Waals surface area contributed by atoms with Gasteiger partial charge in [-0.3, -0.25) is 19.3 Å². The van der Waals surface area contributed by atoms with Crippen molar-refractivity contribution in [2.45, 2.75) is 25.8 Å². The first-order valence-corrected chi connectivity index (χ1v) is 6.64. The van der Waals surface area contributed by atoms with Gasteiger partial charge < -0.3 is 0 Å². The average Bonchev–Trinajstić information content (AvgIpc) is 2.86. The molecule has 1 aromatic carbocycles. The maximum Gasteiger partial charge on any atom is 0.240 e. The Morgan fingerprint density at radius 2 is 2.00 bits per heavy atom. The Morgan fingerprint density at radius 1 is 1.35 bits per heavy atom. The first-order chi connectivity index (χ1) is 9.56. The van der Waals surface area contributed by atoms with Gasteiger partial charge in [0.1, 0.15) is 0 Å². The van der Waals surface area contributed by atoms with E-state index in [0.717, 1.165) is 0 Å². The highest BCUT2D eigenvalue weighted by Gasteiger charge is 2.38. The van der Waals surface area contributed by atoms with Gasteiger partial charge in [-0.25, -0.2) is 0 Å². The summed E-state index contributed by atoms with van der Waals surface area (Å²) >= 11 is 0. The fraction of sp³-hybridized carbons (Fsp3) is 0.312. The zero-order valence-electron chi connectivity index (χ0n) is 11.4. The number of amides is 2. The summed E-state index contributed by atoms with van der Waals surface area (Å²) in [7, 11) is 0. The van der Waals surface area contributed by atoms with Gasteiger partial charge in [0.2, 0.25) is 11.8 Å². The maximum absolute atomic E-state index is 12.4. The molecule has 1 saturated heterocycles. The van der Waals surface area contributed by atoms with Crippen LogP contribution in [0.25, 0.3) is 0 Å². The quantitative estimate of drug-likeness (QED) is 0.479. The highest BCUT2D eigenvalue weighted by molar-refractivity contribution is 6.13. The molecule has 1 aliphatic heterocycles. The lowest BCUT2D eigenvalue weighted by atomic mass is 9.98. The third kappa shape index (κ3) is 2.54. The van der Waals surface area contributed by atoms with Gasteiger partial charge in [0.15, 0.2) is 5.78 Å². The van der Waals surface area contributed by atoms with Gasteiger partial charge in [-0.1, -0.05) is 36.4 Å². The number of nitrogens with zero attached hydrogens (tertiary/aromatic N) is 1. The number of benzene rings is 1. The molecule has 1 fully saturated rings. The summed E-state index contributed by atoms with van der Waals surface area (Å²) in [5.41, 5.74) is 0.482. The number of carbonyl (C=O) groups excluding carboxylic acids is 3. The predicted molar refractivity (Wildman–Crippen MR) is 75.0 cm³/mol. The van der Waals surface area contributed by atoms with E-state index in [9.17, 15) is 14.4 Å². The molecule has 0 aromatic heterocycles. The van der Waals surface area contributed by atoms with Crippen molar-refractivity contribution in [3.8, 4) is 0 Å². The Bertz CT molecular complexity index is 550. The highest BCUT2D eigenvalue weighted by atomic mass is 16.2. The Balaban J connectivity index is 2.18. The zero-order chi connectivity index (χ0) is 14.7. The molecular weight excluding hydrogens is 254 g/mol. The molecule has 0 N–H and O–H groups in total. The van der Waals surface area contributed by atoms with Crippen LogP contribution in [0, 0.1) is 5.92 Å². The normalized spacial score (nSPS) is 19.8. The number of hydrogen-bond acceptors (Lipinski definition) is 3. The first-order valence-electron chi connectivity index (χ1n) is 6.64. The molecule has 4 nitrogen and oxygen atoms in total. The van der Waals surface area contributed by atoms with Gasteiger partial charge >= 0.3 is 0 Å². The van der Waals surface area contributed by atoms with Crippen LogP contribution in [-0.4, -0.2) is 28.5 Å². The molecule has 104 valence electrons. The second kappa shape index (κ2) is 5.82. The van der Waals surface area contributed by atoms with Crippen molar-refractivity contribution in [2.75, 3.05) is 0 Å². The topological polar surface area (TPSA) is 54.5 Å². The van der Waals surface area contributed by atoms with Crippen molar-refractivity contribution in [3.05, 3.63) is 48.6 Å². The molecule has 4 heteroatoms. The van der Waals surface area contributed by atoms with E-state index in [0.29, 0.717) is 18.4 Å². The molecule has 2 atom stereocenters. The van der Waals surface area contributed by atoms with Crippen molar-refractivity contribution in [2.24, 2.45) is 5.92 Å². The minimum absolute atomic E-state index is 0.229. The van der Waals surface area contributed by atoms with Crippen LogP contribution in [0.2, 0.25) is 0 Å². The summed E-state index contributed by atoms with van der Waals surface area (Å²) in [5, 5.41) is 0. The molecule has 0 unspecified atom stereocenters. The molecule has 2 rings (SSSR count). The van der Waals surface area contributed by atoms with E-state index in [2.05, 4.69) is 6.58 Å². The van der Waals surface area contributed by atoms with Crippen LogP contribution in [0.15, 0.2) is 43.0 Å². The van der Waals surface area contributed by atoms with E-state index in [-0.39, 0.29) is 17.7 Å². The standard InChI is InChI=1S/C16H17NO3/c1-3-13-9-10-14(18)17(13)16(20)11(2)15(19)12-7-5-4-6-8-12/h3-8,11,13H,1,9-10H2,2H3/t11-,13-/m1/s1. The van der Waals surface area contributed by atoms with Crippen LogP contribution in [0.1, 0.15) is 30.1 Å². The molecule has 0 aliphatic carbocycles. The van der Waals surface area contributed by atoms with E-state index >= 15 is 0 Å². The van der Waals surface area contributed by atoms with E-state index in [1.54, 1.807) is 43.3 Å². The lowest BCUT2D eigenvalue weighted by Crippen LogP contribution is -2.43. The average molecular weight is 271 g/mol. The van der Waals surface area contributed by atoms with Crippen LogP contribution in [0.5, 0.6) is 0 Å². The van der Waals surface area contributed by atoms with Crippen LogP contribution in [0.4, 0.5) is 0 Å². The third-order valence-electron chi connectivity index (χ3n) is 3.59. The Kier molecular flexibility index (Phi) is 4.13. The molecule has 1 heterocycles. The van der Waals surface area contributed by atoms with Crippen LogP contribution >= 0.6 is 0 Å². The molecule has 2 amide bonds. The van der Waals surface area contributed by atoms with Crippen molar-refractivity contribution < 1.29 is 14.4 Å². The molecule has 0 bridgehead atoms. The molecule has 0 saturated carbocycles. The molecular formula is C16H17NO3. The lowest BCUT2D eigenvalue weighted by molar-refractivity contribution is -0.144. The predicted octanol–water partition coefficient (Wildman–Crippen LogP) is 2.21. The number of carbonyl (C=O) groups is 3. The van der Waals surface area contributed by atoms with Crippen LogP contribution < -0.4 is 0 Å². The summed E-state index contributed by atoms with van der Waals surface area (Å²) in [6.45, 7) is 5.19. The van der Waals surface area contributed by atoms with Gasteiger partial charge in [-0.2, -0.15) is 0 Å². The molecule has 0 spiro atoms. The van der Waals surface area contributed by atoms with E-state index in [1.807, 2.05) is 0 Å². The molecule has 20 heavy (non-hydrogen) atoms. The number of hydrogen-bond donors (Lipinski definition) is 0. The maximum atomic E-state index is 12.4. The van der Waals surface area contributed by atoms with Gasteiger partial charge in [0, 0.05) is 12.0 Å². The Hall–Kier alpha value is -2.23. The number of imide groups is 1. The molecule has 1 aromatic rings. The van der Waals surface area contributed by atoms with Crippen molar-refractivity contribution in [1.82, 2.24) is 4.90 Å². The van der Waals surface area contributed by atoms with E-state index in [4.69, 9.17) is 0 Å². The monoisotopic (exact) mass is 271 g/mol. The SMILES string of the molecule is C=C[C@@H]1CCC(=O)N1C(=O)[C@H](C)C(=O)c1ccccc1. The summed E-state index contributed by atoms with van der Waals surface area (Å²) in [6.07, 6.45) is 2.50. The summed E-state index contributed by atoms with van der Waals surface area (Å²) in [5.74, 6) is -1.79. The Labute approximate surface area is 118 Å². The summed E-state index contributed by atoms with van der Waals surface area (Å²) in [6, 6.07) is 8.35. The fourth-order valence-electron chi connectivity index (χ4n) is 2.39. The van der Waals surface area contributed by atoms with Gasteiger partial charge in [-0.05, 0) is 13.3 Å². The smallest absolute Gasteiger partial charge is 0.240 e. The van der Waals surface area contributed by atoms with Gasteiger partial charge in [0.05, 0.1) is 12.0 Å². The first kappa shape index (κ1) is 14.2. The number of rotatable bonds is 4. The lowest BCUT2D eigenvalue weighted by Gasteiger charge is -2.23. The zero-order valence-corrected chi connectivity index (χ0v) is 11.4. The fourth-order valence-corrected chi connectivity index (χ4v) is 2.39. The molecule has 0 radical (unpaired) electrons. The number of Topliss-reactive ketones (excluding diaryl/α,β-unsaturated/α-hetero) is 1. The van der Waals surface area contributed by atoms with Crippen molar-refractivity contribution in [1.29, 1.82) is 0 Å². The van der Waals surface area contributed by atoms with Crippen molar-refractivity contribution >= 4 is 17.6 Å². The Morgan fingerprint density at radius 3 is 2.60 bits per heavy atom. The van der Waals surface area contributed by atoms with E-state index < -0.39 is 11.8 Å². The minimum atomic E-state index is -0.859. The van der Waals surface area contributed by atoms with Crippen LogP contribution in [0.3, 0.4) is 0 Å². The van der Waals surface area contributed by atoms with Gasteiger partial charge in [-0.15, -0.1) is 6.58 Å². The largest absolute Gasteiger partial charge is 0.293 e. The summed E-state index contributed by atoms with van der Waals surface area (Å²) < 4.78 is 0. The van der Waals surface area contributed by atoms with Gasteiger partial charge in [0.25, 0.3) is 0 Å². The molecule has 1 aliphatic rings. The highest BCUT2D eigenvalue weighted by Crippen LogP contribution is 2.23. The second-order valence-electron chi connectivity index (χ2n) is 4.90.